The molecule has 1 aromatic heterocycles. The normalized spacial score (nSPS) is 17.9. The molecule has 22 heavy (non-hydrogen) atoms. The van der Waals surface area contributed by atoms with E-state index in [1.54, 1.807) is 0 Å². The summed E-state index contributed by atoms with van der Waals surface area (Å²) in [5.74, 6) is -2.82. The van der Waals surface area contributed by atoms with Crippen LogP contribution in [0.25, 0.3) is 10.6 Å². The summed E-state index contributed by atoms with van der Waals surface area (Å²) in [6.07, 6.45) is 0.796. The van der Waals surface area contributed by atoms with Crippen molar-refractivity contribution in [3.05, 3.63) is 39.8 Å². The summed E-state index contributed by atoms with van der Waals surface area (Å²) in [4.78, 5) is 38.7. The lowest BCUT2D eigenvalue weighted by Crippen LogP contribution is -2.22. The molecule has 7 heteroatoms. The maximum Gasteiger partial charge on any atom is 0.294 e. The van der Waals surface area contributed by atoms with Gasteiger partial charge in [-0.3, -0.25) is 19.7 Å². The van der Waals surface area contributed by atoms with E-state index in [9.17, 15) is 14.4 Å². The smallest absolute Gasteiger partial charge is 0.289 e. The summed E-state index contributed by atoms with van der Waals surface area (Å²) in [7, 11) is 0. The number of halogens is 1. The van der Waals surface area contributed by atoms with E-state index < -0.39 is 23.5 Å². The van der Waals surface area contributed by atoms with Gasteiger partial charge in [-0.2, -0.15) is 0 Å². The molecular formula is C15H11BrN2O3S. The summed E-state index contributed by atoms with van der Waals surface area (Å²) in [5.41, 5.74) is 1.84. The van der Waals surface area contributed by atoms with Crippen LogP contribution in [0.1, 0.15) is 12.1 Å². The van der Waals surface area contributed by atoms with Crippen LogP contribution >= 0.6 is 27.3 Å². The van der Waals surface area contributed by atoms with Crippen molar-refractivity contribution >= 4 is 44.9 Å². The van der Waals surface area contributed by atoms with E-state index in [0.717, 1.165) is 20.7 Å². The van der Waals surface area contributed by atoms with Gasteiger partial charge in [0.15, 0.2) is 0 Å². The van der Waals surface area contributed by atoms with Crippen molar-refractivity contribution in [3.63, 3.8) is 0 Å². The van der Waals surface area contributed by atoms with E-state index in [2.05, 4.69) is 20.9 Å². The van der Waals surface area contributed by atoms with Gasteiger partial charge in [0.1, 0.15) is 10.9 Å². The van der Waals surface area contributed by atoms with Crippen LogP contribution in [-0.2, 0) is 20.8 Å². The molecule has 0 aliphatic carbocycles. The molecule has 2 aromatic rings. The molecule has 1 saturated heterocycles. The molecule has 3 rings (SSSR count). The first-order valence-corrected chi connectivity index (χ1v) is 8.31. The van der Waals surface area contributed by atoms with Gasteiger partial charge < -0.3 is 0 Å². The van der Waals surface area contributed by atoms with Crippen molar-refractivity contribution in [2.45, 2.75) is 12.8 Å². The topological polar surface area (TPSA) is 76.1 Å². The standard InChI is InChI=1S/C15H11BrN2O3S/c16-9-3-1-8(2-4-9)15-17-10(7-22-15)5-6-11-12(19)14(21)18-13(11)20/h1-4,7,11H,5-6H2,(H,18,20,21). The fourth-order valence-electron chi connectivity index (χ4n) is 2.24. The van der Waals surface area contributed by atoms with E-state index in [1.807, 2.05) is 35.0 Å². The molecule has 0 radical (unpaired) electrons. The number of carbonyl (C=O) groups excluding carboxylic acids is 3. The molecule has 2 amide bonds. The predicted octanol–water partition coefficient (Wildman–Crippen LogP) is 2.35. The van der Waals surface area contributed by atoms with Crippen LogP contribution in [0.15, 0.2) is 34.1 Å². The van der Waals surface area contributed by atoms with Gasteiger partial charge in [-0.25, -0.2) is 4.98 Å². The number of aryl methyl sites for hydroxylation is 1. The number of carbonyl (C=O) groups is 3. The van der Waals surface area contributed by atoms with Gasteiger partial charge >= 0.3 is 0 Å². The molecular weight excluding hydrogens is 368 g/mol. The summed E-state index contributed by atoms with van der Waals surface area (Å²) in [6, 6.07) is 7.84. The summed E-state index contributed by atoms with van der Waals surface area (Å²) in [5, 5.41) is 4.84. The lowest BCUT2D eigenvalue weighted by Gasteiger charge is -2.02. The third kappa shape index (κ3) is 3.00. The Labute approximate surface area is 138 Å². The zero-order chi connectivity index (χ0) is 15.7. The molecule has 0 bridgehead atoms. The van der Waals surface area contributed by atoms with Gasteiger partial charge in [0, 0.05) is 15.4 Å². The monoisotopic (exact) mass is 378 g/mol. The van der Waals surface area contributed by atoms with Crippen LogP contribution in [0.5, 0.6) is 0 Å². The minimum Gasteiger partial charge on any atom is -0.289 e. The van der Waals surface area contributed by atoms with E-state index in [0.29, 0.717) is 12.8 Å². The van der Waals surface area contributed by atoms with Crippen molar-refractivity contribution in [1.82, 2.24) is 10.3 Å². The molecule has 1 aromatic carbocycles. The lowest BCUT2D eigenvalue weighted by atomic mass is 10.00. The van der Waals surface area contributed by atoms with E-state index in [-0.39, 0.29) is 0 Å². The molecule has 0 spiro atoms. The molecule has 1 aliphatic heterocycles. The van der Waals surface area contributed by atoms with Gasteiger partial charge in [-0.05, 0) is 25.0 Å². The molecule has 1 fully saturated rings. The number of ketones is 1. The first-order chi connectivity index (χ1) is 10.5. The molecule has 1 N–H and O–H groups in total. The molecule has 112 valence electrons. The van der Waals surface area contributed by atoms with E-state index in [1.165, 1.54) is 11.3 Å². The number of aromatic nitrogens is 1. The second kappa shape index (κ2) is 6.10. The first kappa shape index (κ1) is 15.1. The van der Waals surface area contributed by atoms with Gasteiger partial charge in [0.05, 0.1) is 5.69 Å². The summed E-state index contributed by atoms with van der Waals surface area (Å²) in [6.45, 7) is 0. The number of hydrogen-bond donors (Lipinski definition) is 1. The van der Waals surface area contributed by atoms with Crippen molar-refractivity contribution in [1.29, 1.82) is 0 Å². The van der Waals surface area contributed by atoms with Crippen molar-refractivity contribution < 1.29 is 14.4 Å². The zero-order valence-corrected chi connectivity index (χ0v) is 13.7. The third-order valence-electron chi connectivity index (χ3n) is 3.43. The molecule has 1 unspecified atom stereocenters. The second-order valence-electron chi connectivity index (χ2n) is 4.92. The Bertz CT molecular complexity index is 754. The highest BCUT2D eigenvalue weighted by Crippen LogP contribution is 2.26. The lowest BCUT2D eigenvalue weighted by molar-refractivity contribution is -0.136. The van der Waals surface area contributed by atoms with Gasteiger partial charge in [0.2, 0.25) is 11.7 Å². The zero-order valence-electron chi connectivity index (χ0n) is 11.3. The number of nitrogens with zero attached hydrogens (tertiary/aromatic N) is 1. The molecule has 2 heterocycles. The Morgan fingerprint density at radius 3 is 2.55 bits per heavy atom. The Kier molecular flexibility index (Phi) is 4.17. The summed E-state index contributed by atoms with van der Waals surface area (Å²) < 4.78 is 1.00. The Morgan fingerprint density at radius 2 is 1.91 bits per heavy atom. The van der Waals surface area contributed by atoms with E-state index >= 15 is 0 Å². The molecule has 1 atom stereocenters. The average molecular weight is 379 g/mol. The Hall–Kier alpha value is -1.86. The largest absolute Gasteiger partial charge is 0.294 e. The molecule has 5 nitrogen and oxygen atoms in total. The van der Waals surface area contributed by atoms with Crippen molar-refractivity contribution in [2.75, 3.05) is 0 Å². The fourth-order valence-corrected chi connectivity index (χ4v) is 3.36. The first-order valence-electron chi connectivity index (χ1n) is 6.64. The predicted molar refractivity (Wildman–Crippen MR) is 85.2 cm³/mol. The number of hydrogen-bond acceptors (Lipinski definition) is 5. The van der Waals surface area contributed by atoms with Crippen LogP contribution in [-0.4, -0.2) is 22.6 Å². The quantitative estimate of drug-likeness (QED) is 0.503. The van der Waals surface area contributed by atoms with E-state index in [4.69, 9.17) is 0 Å². The van der Waals surface area contributed by atoms with Crippen LogP contribution in [0, 0.1) is 5.92 Å². The van der Waals surface area contributed by atoms with Crippen LogP contribution in [0.2, 0.25) is 0 Å². The maximum atomic E-state index is 11.5. The Morgan fingerprint density at radius 1 is 1.18 bits per heavy atom. The number of thiazole rings is 1. The fraction of sp³-hybridized carbons (Fsp3) is 0.200. The van der Waals surface area contributed by atoms with Crippen LogP contribution < -0.4 is 5.32 Å². The third-order valence-corrected chi connectivity index (χ3v) is 4.89. The number of nitrogens with one attached hydrogen (secondary N) is 1. The average Bonchev–Trinajstić information content (AvgIpc) is 3.05. The highest BCUT2D eigenvalue weighted by molar-refractivity contribution is 9.10. The highest BCUT2D eigenvalue weighted by atomic mass is 79.9. The maximum absolute atomic E-state index is 11.5. The highest BCUT2D eigenvalue weighted by Gasteiger charge is 2.39. The molecule has 0 saturated carbocycles. The van der Waals surface area contributed by atoms with Crippen LogP contribution in [0.4, 0.5) is 0 Å². The number of imide groups is 1. The number of rotatable bonds is 4. The SMILES string of the molecule is O=C1NC(=O)C(CCc2csc(-c3ccc(Br)cc3)n2)C1=O. The number of Topliss-reactive ketones (excluding diaryl/α,β-unsaturated/α-hetero) is 1. The van der Waals surface area contributed by atoms with Gasteiger partial charge in [0.25, 0.3) is 5.91 Å². The minimum absolute atomic E-state index is 0.305. The van der Waals surface area contributed by atoms with Gasteiger partial charge in [-0.15, -0.1) is 11.3 Å². The van der Waals surface area contributed by atoms with Crippen LogP contribution in [0.3, 0.4) is 0 Å². The van der Waals surface area contributed by atoms with Crippen molar-refractivity contribution in [3.8, 4) is 10.6 Å². The minimum atomic E-state index is -0.870. The number of benzene rings is 1. The van der Waals surface area contributed by atoms with Crippen molar-refractivity contribution in [2.24, 2.45) is 5.92 Å². The summed E-state index contributed by atoms with van der Waals surface area (Å²) >= 11 is 4.90. The molecule has 1 aliphatic rings. The second-order valence-corrected chi connectivity index (χ2v) is 6.70. The number of amides is 2. The van der Waals surface area contributed by atoms with Gasteiger partial charge in [-0.1, -0.05) is 28.1 Å². The Balaban J connectivity index is 1.67.